The van der Waals surface area contributed by atoms with Gasteiger partial charge in [0.1, 0.15) is 12.2 Å². The van der Waals surface area contributed by atoms with E-state index in [9.17, 15) is 5.11 Å². The first-order valence-corrected chi connectivity index (χ1v) is 4.72. The monoisotopic (exact) mass is 188 g/mol. The van der Waals surface area contributed by atoms with Crippen LogP contribution in [0.1, 0.15) is 27.2 Å². The maximum Gasteiger partial charge on any atom is 0.184 e. The summed E-state index contributed by atoms with van der Waals surface area (Å²) in [6.07, 6.45) is -0.481. The Balaban J connectivity index is 2.12. The minimum absolute atomic E-state index is 0.0400. The number of hydrogen-bond donors (Lipinski definition) is 1. The minimum atomic E-state index is -0.836. The van der Waals surface area contributed by atoms with E-state index in [1.807, 2.05) is 20.8 Å². The molecular formula is C9H16O4. The van der Waals surface area contributed by atoms with Gasteiger partial charge in [0, 0.05) is 0 Å². The van der Waals surface area contributed by atoms with Crippen molar-refractivity contribution in [1.29, 1.82) is 0 Å². The van der Waals surface area contributed by atoms with E-state index in [-0.39, 0.29) is 18.3 Å². The molecule has 2 rings (SSSR count). The second-order valence-corrected chi connectivity index (χ2v) is 4.04. The largest absolute Gasteiger partial charge is 0.366 e. The Morgan fingerprint density at radius 2 is 1.85 bits per heavy atom. The van der Waals surface area contributed by atoms with Gasteiger partial charge in [0.15, 0.2) is 12.1 Å². The average Bonchev–Trinajstić information content (AvgIpc) is 2.47. The van der Waals surface area contributed by atoms with Gasteiger partial charge in [-0.3, -0.25) is 0 Å². The van der Waals surface area contributed by atoms with Gasteiger partial charge < -0.3 is 19.3 Å². The highest BCUT2D eigenvalue weighted by Crippen LogP contribution is 2.38. The smallest absolute Gasteiger partial charge is 0.184 e. The van der Waals surface area contributed by atoms with Crippen molar-refractivity contribution in [1.82, 2.24) is 0 Å². The molecule has 0 aromatic carbocycles. The Bertz CT molecular complexity index is 204. The molecule has 4 nitrogen and oxygen atoms in total. The van der Waals surface area contributed by atoms with Gasteiger partial charge in [-0.05, 0) is 20.3 Å². The molecule has 4 unspecified atom stereocenters. The Morgan fingerprint density at radius 1 is 1.23 bits per heavy atom. The van der Waals surface area contributed by atoms with Crippen LogP contribution < -0.4 is 0 Å². The number of aliphatic hydroxyl groups is 1. The molecule has 0 bridgehead atoms. The van der Waals surface area contributed by atoms with Crippen LogP contribution in [0.4, 0.5) is 0 Å². The summed E-state index contributed by atoms with van der Waals surface area (Å²) in [4.78, 5) is 0. The maximum absolute atomic E-state index is 9.51. The number of ether oxygens (including phenoxy) is 3. The molecule has 0 amide bonds. The number of rotatable bonds is 1. The summed E-state index contributed by atoms with van der Waals surface area (Å²) in [6, 6.07) is 0. The van der Waals surface area contributed by atoms with Crippen LogP contribution in [0.3, 0.4) is 0 Å². The first-order valence-electron chi connectivity index (χ1n) is 4.72. The molecule has 0 aromatic rings. The number of aliphatic hydroxyl groups excluding tert-OH is 1. The molecule has 0 radical (unpaired) electrons. The van der Waals surface area contributed by atoms with E-state index in [1.165, 1.54) is 0 Å². The zero-order valence-corrected chi connectivity index (χ0v) is 8.19. The number of fused-ring (bicyclic) bond motifs is 1. The standard InChI is InChI=1S/C9H16O4/c1-4-5-6-7(8(10)11-5)13-9(2,3)12-6/h5-8,10H,4H2,1-3H3. The molecule has 2 heterocycles. The Labute approximate surface area is 77.8 Å². The molecular weight excluding hydrogens is 172 g/mol. The van der Waals surface area contributed by atoms with Crippen molar-refractivity contribution < 1.29 is 19.3 Å². The highest BCUT2D eigenvalue weighted by Gasteiger charge is 2.54. The molecule has 0 aliphatic carbocycles. The summed E-state index contributed by atoms with van der Waals surface area (Å²) in [7, 11) is 0. The predicted octanol–water partition coefficient (Wildman–Crippen LogP) is 0.634. The third kappa shape index (κ3) is 1.48. The van der Waals surface area contributed by atoms with Crippen molar-refractivity contribution >= 4 is 0 Å². The van der Waals surface area contributed by atoms with E-state index in [2.05, 4.69) is 0 Å². The second-order valence-electron chi connectivity index (χ2n) is 4.04. The Kier molecular flexibility index (Phi) is 2.11. The van der Waals surface area contributed by atoms with Gasteiger partial charge in [-0.1, -0.05) is 6.92 Å². The van der Waals surface area contributed by atoms with Crippen molar-refractivity contribution in [2.75, 3.05) is 0 Å². The van der Waals surface area contributed by atoms with Crippen LogP contribution in [0.5, 0.6) is 0 Å². The molecule has 0 spiro atoms. The average molecular weight is 188 g/mol. The van der Waals surface area contributed by atoms with E-state index in [0.29, 0.717) is 0 Å². The molecule has 2 aliphatic heterocycles. The van der Waals surface area contributed by atoms with Crippen LogP contribution in [0, 0.1) is 0 Å². The SMILES string of the molecule is CCC1OC(O)C2OC(C)(C)OC12. The van der Waals surface area contributed by atoms with E-state index in [0.717, 1.165) is 6.42 Å². The summed E-state index contributed by atoms with van der Waals surface area (Å²) < 4.78 is 16.4. The Morgan fingerprint density at radius 3 is 2.46 bits per heavy atom. The van der Waals surface area contributed by atoms with Gasteiger partial charge in [0.2, 0.25) is 0 Å². The fourth-order valence-corrected chi connectivity index (χ4v) is 1.99. The molecule has 2 saturated heterocycles. The highest BCUT2D eigenvalue weighted by atomic mass is 16.8. The molecule has 4 atom stereocenters. The van der Waals surface area contributed by atoms with Crippen molar-refractivity contribution in [2.45, 2.75) is 57.6 Å². The first-order chi connectivity index (χ1) is 6.03. The fraction of sp³-hybridized carbons (Fsp3) is 1.00. The quantitative estimate of drug-likeness (QED) is 0.655. The van der Waals surface area contributed by atoms with Crippen LogP contribution in [0.2, 0.25) is 0 Å². The normalized spacial score (nSPS) is 48.0. The van der Waals surface area contributed by atoms with Gasteiger partial charge in [-0.25, -0.2) is 0 Å². The molecule has 0 aromatic heterocycles. The lowest BCUT2D eigenvalue weighted by atomic mass is 10.1. The van der Waals surface area contributed by atoms with Crippen LogP contribution in [-0.4, -0.2) is 35.5 Å². The van der Waals surface area contributed by atoms with Gasteiger partial charge in [-0.2, -0.15) is 0 Å². The van der Waals surface area contributed by atoms with Crippen molar-refractivity contribution in [3.8, 4) is 0 Å². The molecule has 13 heavy (non-hydrogen) atoms. The third-order valence-corrected chi connectivity index (χ3v) is 2.53. The Hall–Kier alpha value is -0.160. The van der Waals surface area contributed by atoms with E-state index >= 15 is 0 Å². The van der Waals surface area contributed by atoms with Crippen molar-refractivity contribution in [2.24, 2.45) is 0 Å². The van der Waals surface area contributed by atoms with E-state index < -0.39 is 12.1 Å². The van der Waals surface area contributed by atoms with E-state index in [1.54, 1.807) is 0 Å². The summed E-state index contributed by atoms with van der Waals surface area (Å²) in [5, 5.41) is 9.51. The second kappa shape index (κ2) is 2.92. The summed E-state index contributed by atoms with van der Waals surface area (Å²) in [6.45, 7) is 5.71. The number of hydrogen-bond acceptors (Lipinski definition) is 4. The lowest BCUT2D eigenvalue weighted by Crippen LogP contribution is -2.29. The third-order valence-electron chi connectivity index (χ3n) is 2.53. The zero-order chi connectivity index (χ0) is 9.64. The molecule has 2 fully saturated rings. The summed E-state index contributed by atoms with van der Waals surface area (Å²) >= 11 is 0. The van der Waals surface area contributed by atoms with Crippen LogP contribution in [-0.2, 0) is 14.2 Å². The highest BCUT2D eigenvalue weighted by molar-refractivity contribution is 4.93. The zero-order valence-electron chi connectivity index (χ0n) is 8.19. The lowest BCUT2D eigenvalue weighted by molar-refractivity contribution is -0.220. The summed E-state index contributed by atoms with van der Waals surface area (Å²) in [5.41, 5.74) is 0. The predicted molar refractivity (Wildman–Crippen MR) is 45.0 cm³/mol. The van der Waals surface area contributed by atoms with Crippen LogP contribution in [0.25, 0.3) is 0 Å². The fourth-order valence-electron chi connectivity index (χ4n) is 1.99. The van der Waals surface area contributed by atoms with Gasteiger partial charge in [0.25, 0.3) is 0 Å². The van der Waals surface area contributed by atoms with Crippen molar-refractivity contribution in [3.05, 3.63) is 0 Å². The molecule has 76 valence electrons. The molecule has 4 heteroatoms. The molecule has 2 aliphatic rings. The van der Waals surface area contributed by atoms with E-state index in [4.69, 9.17) is 14.2 Å². The topological polar surface area (TPSA) is 47.9 Å². The van der Waals surface area contributed by atoms with Crippen LogP contribution in [0.15, 0.2) is 0 Å². The minimum Gasteiger partial charge on any atom is -0.366 e. The molecule has 0 saturated carbocycles. The van der Waals surface area contributed by atoms with Crippen molar-refractivity contribution in [3.63, 3.8) is 0 Å². The first kappa shape index (κ1) is 9.40. The van der Waals surface area contributed by atoms with Gasteiger partial charge >= 0.3 is 0 Å². The van der Waals surface area contributed by atoms with Gasteiger partial charge in [-0.15, -0.1) is 0 Å². The summed E-state index contributed by atoms with van der Waals surface area (Å²) in [5.74, 6) is -0.590. The molecule has 1 N–H and O–H groups in total. The van der Waals surface area contributed by atoms with Gasteiger partial charge in [0.05, 0.1) is 6.10 Å². The lowest BCUT2D eigenvalue weighted by Gasteiger charge is -2.21. The van der Waals surface area contributed by atoms with Crippen LogP contribution >= 0.6 is 0 Å². The maximum atomic E-state index is 9.51.